The van der Waals surface area contributed by atoms with E-state index in [4.69, 9.17) is 5.73 Å². The van der Waals surface area contributed by atoms with E-state index >= 15 is 0 Å². The molecule has 1 rings (SSSR count). The maximum Gasteiger partial charge on any atom is 0.254 e. The lowest BCUT2D eigenvalue weighted by molar-refractivity contribution is 0.0935. The highest BCUT2D eigenvalue weighted by Gasteiger charge is 2.13. The van der Waals surface area contributed by atoms with Gasteiger partial charge in [0.25, 0.3) is 5.91 Å². The Morgan fingerprint density at radius 1 is 1.60 bits per heavy atom. The van der Waals surface area contributed by atoms with Gasteiger partial charge in [-0.2, -0.15) is 0 Å². The van der Waals surface area contributed by atoms with Crippen molar-refractivity contribution in [3.8, 4) is 0 Å². The minimum Gasteiger partial charge on any atom is -0.399 e. The highest BCUT2D eigenvalue weighted by Crippen LogP contribution is 2.12. The van der Waals surface area contributed by atoms with Crippen LogP contribution in [0.25, 0.3) is 0 Å². The minimum absolute atomic E-state index is 0.00435. The van der Waals surface area contributed by atoms with Crippen molar-refractivity contribution in [2.24, 2.45) is 0 Å². The molecular formula is C11H15FN2O. The van der Waals surface area contributed by atoms with E-state index in [1.807, 2.05) is 13.8 Å². The van der Waals surface area contributed by atoms with Crippen LogP contribution in [0.2, 0.25) is 0 Å². The molecule has 1 atom stereocenters. The summed E-state index contributed by atoms with van der Waals surface area (Å²) in [5.74, 6) is -0.973. The molecule has 82 valence electrons. The summed E-state index contributed by atoms with van der Waals surface area (Å²) in [5, 5.41) is 2.68. The van der Waals surface area contributed by atoms with Crippen LogP contribution in [0.1, 0.15) is 30.6 Å². The summed E-state index contributed by atoms with van der Waals surface area (Å²) >= 11 is 0. The molecule has 0 saturated carbocycles. The van der Waals surface area contributed by atoms with Crippen LogP contribution in [-0.2, 0) is 0 Å². The molecule has 15 heavy (non-hydrogen) atoms. The van der Waals surface area contributed by atoms with Gasteiger partial charge in [0.15, 0.2) is 0 Å². The molecule has 1 aromatic carbocycles. The molecule has 4 heteroatoms. The first kappa shape index (κ1) is 11.5. The van der Waals surface area contributed by atoms with Crippen LogP contribution in [0.4, 0.5) is 10.1 Å². The molecule has 0 heterocycles. The van der Waals surface area contributed by atoms with Gasteiger partial charge in [0.1, 0.15) is 5.82 Å². The van der Waals surface area contributed by atoms with E-state index in [1.54, 1.807) is 0 Å². The number of carbonyl (C=O) groups is 1. The van der Waals surface area contributed by atoms with Gasteiger partial charge in [-0.1, -0.05) is 6.92 Å². The van der Waals surface area contributed by atoms with Crippen molar-refractivity contribution in [3.63, 3.8) is 0 Å². The second-order valence-corrected chi connectivity index (χ2v) is 3.52. The van der Waals surface area contributed by atoms with E-state index in [0.29, 0.717) is 5.69 Å². The quantitative estimate of drug-likeness (QED) is 0.749. The Bertz CT molecular complexity index is 366. The Hall–Kier alpha value is -1.58. The van der Waals surface area contributed by atoms with Gasteiger partial charge in [-0.15, -0.1) is 0 Å². The number of hydrogen-bond acceptors (Lipinski definition) is 2. The smallest absolute Gasteiger partial charge is 0.254 e. The fraction of sp³-hybridized carbons (Fsp3) is 0.364. The van der Waals surface area contributed by atoms with Crippen molar-refractivity contribution in [1.29, 1.82) is 0 Å². The molecule has 0 fully saturated rings. The first-order valence-electron chi connectivity index (χ1n) is 4.90. The molecule has 1 amide bonds. The van der Waals surface area contributed by atoms with Crippen LogP contribution in [0.3, 0.4) is 0 Å². The molecule has 0 aliphatic rings. The maximum absolute atomic E-state index is 13.3. The first-order valence-corrected chi connectivity index (χ1v) is 4.90. The van der Waals surface area contributed by atoms with Crippen LogP contribution in [0, 0.1) is 5.82 Å². The van der Waals surface area contributed by atoms with Gasteiger partial charge in [0.2, 0.25) is 0 Å². The molecule has 0 saturated heterocycles. The summed E-state index contributed by atoms with van der Waals surface area (Å²) in [4.78, 5) is 11.6. The Balaban J connectivity index is 2.86. The number of nitrogens with one attached hydrogen (secondary N) is 1. The van der Waals surface area contributed by atoms with E-state index in [-0.39, 0.29) is 11.6 Å². The largest absolute Gasteiger partial charge is 0.399 e. The number of halogens is 1. The molecule has 3 N–H and O–H groups in total. The molecular weight excluding hydrogens is 195 g/mol. The summed E-state index contributed by atoms with van der Waals surface area (Å²) < 4.78 is 13.3. The zero-order valence-corrected chi connectivity index (χ0v) is 8.88. The van der Waals surface area contributed by atoms with Crippen LogP contribution in [-0.4, -0.2) is 11.9 Å². The second kappa shape index (κ2) is 4.77. The third kappa shape index (κ3) is 2.94. The predicted molar refractivity (Wildman–Crippen MR) is 58.0 cm³/mol. The summed E-state index contributed by atoms with van der Waals surface area (Å²) in [6, 6.07) is 3.99. The third-order valence-corrected chi connectivity index (χ3v) is 2.22. The average Bonchev–Trinajstić information content (AvgIpc) is 2.21. The highest BCUT2D eigenvalue weighted by atomic mass is 19.1. The summed E-state index contributed by atoms with van der Waals surface area (Å²) in [6.07, 6.45) is 0.801. The number of nitrogen functional groups attached to an aromatic ring is 1. The summed E-state index contributed by atoms with van der Waals surface area (Å²) in [6.45, 7) is 3.81. The minimum atomic E-state index is -0.551. The normalized spacial score (nSPS) is 12.2. The van der Waals surface area contributed by atoms with Crippen LogP contribution >= 0.6 is 0 Å². The molecule has 0 bridgehead atoms. The van der Waals surface area contributed by atoms with Gasteiger partial charge in [-0.3, -0.25) is 4.79 Å². The molecule has 1 aromatic rings. The zero-order chi connectivity index (χ0) is 11.4. The van der Waals surface area contributed by atoms with E-state index in [0.717, 1.165) is 6.42 Å². The lowest BCUT2D eigenvalue weighted by Gasteiger charge is -2.11. The molecule has 0 spiro atoms. The standard InChI is InChI=1S/C11H15FN2O/c1-3-7(2)14-11(15)9-6-8(13)4-5-10(9)12/h4-7H,3,13H2,1-2H3,(H,14,15). The number of benzene rings is 1. The van der Waals surface area contributed by atoms with E-state index in [2.05, 4.69) is 5.32 Å². The lowest BCUT2D eigenvalue weighted by Crippen LogP contribution is -2.32. The van der Waals surface area contributed by atoms with Crippen molar-refractivity contribution < 1.29 is 9.18 Å². The van der Waals surface area contributed by atoms with Crippen molar-refractivity contribution in [2.75, 3.05) is 5.73 Å². The Kier molecular flexibility index (Phi) is 3.66. The number of hydrogen-bond donors (Lipinski definition) is 2. The molecule has 0 aliphatic carbocycles. The van der Waals surface area contributed by atoms with Crippen molar-refractivity contribution >= 4 is 11.6 Å². The molecule has 3 nitrogen and oxygen atoms in total. The Morgan fingerprint density at radius 3 is 2.87 bits per heavy atom. The first-order chi connectivity index (χ1) is 7.04. The van der Waals surface area contributed by atoms with Crippen molar-refractivity contribution in [1.82, 2.24) is 5.32 Å². The molecule has 0 radical (unpaired) electrons. The zero-order valence-electron chi connectivity index (χ0n) is 8.88. The van der Waals surface area contributed by atoms with E-state index in [1.165, 1.54) is 18.2 Å². The molecule has 0 aliphatic heterocycles. The SMILES string of the molecule is CCC(C)NC(=O)c1cc(N)ccc1F. The highest BCUT2D eigenvalue weighted by molar-refractivity contribution is 5.95. The van der Waals surface area contributed by atoms with Gasteiger partial charge in [-0.05, 0) is 31.5 Å². The predicted octanol–water partition coefficient (Wildman–Crippen LogP) is 1.94. The van der Waals surface area contributed by atoms with Gasteiger partial charge in [0.05, 0.1) is 5.56 Å². The van der Waals surface area contributed by atoms with Crippen LogP contribution in [0.5, 0.6) is 0 Å². The Labute approximate surface area is 88.5 Å². The number of nitrogens with two attached hydrogens (primary N) is 1. The number of anilines is 1. The van der Waals surface area contributed by atoms with Gasteiger partial charge in [0, 0.05) is 11.7 Å². The van der Waals surface area contributed by atoms with Crippen molar-refractivity contribution in [2.45, 2.75) is 26.3 Å². The fourth-order valence-electron chi connectivity index (χ4n) is 1.12. The van der Waals surface area contributed by atoms with Gasteiger partial charge < -0.3 is 11.1 Å². The monoisotopic (exact) mass is 210 g/mol. The number of rotatable bonds is 3. The number of amides is 1. The Morgan fingerprint density at radius 2 is 2.27 bits per heavy atom. The van der Waals surface area contributed by atoms with Gasteiger partial charge in [-0.25, -0.2) is 4.39 Å². The van der Waals surface area contributed by atoms with E-state index in [9.17, 15) is 9.18 Å². The summed E-state index contributed by atoms with van der Waals surface area (Å²) in [7, 11) is 0. The summed E-state index contributed by atoms with van der Waals surface area (Å²) in [5.41, 5.74) is 5.86. The van der Waals surface area contributed by atoms with Crippen LogP contribution in [0.15, 0.2) is 18.2 Å². The third-order valence-electron chi connectivity index (χ3n) is 2.22. The van der Waals surface area contributed by atoms with Gasteiger partial charge >= 0.3 is 0 Å². The lowest BCUT2D eigenvalue weighted by atomic mass is 10.1. The molecule has 0 aromatic heterocycles. The van der Waals surface area contributed by atoms with Crippen molar-refractivity contribution in [3.05, 3.63) is 29.6 Å². The average molecular weight is 210 g/mol. The fourth-order valence-corrected chi connectivity index (χ4v) is 1.12. The van der Waals surface area contributed by atoms with E-state index < -0.39 is 11.7 Å². The topological polar surface area (TPSA) is 55.1 Å². The number of carbonyl (C=O) groups excluding carboxylic acids is 1. The maximum atomic E-state index is 13.3. The second-order valence-electron chi connectivity index (χ2n) is 3.52. The van der Waals surface area contributed by atoms with Crippen LogP contribution < -0.4 is 11.1 Å². The molecule has 1 unspecified atom stereocenters.